The van der Waals surface area contributed by atoms with Crippen molar-refractivity contribution < 1.29 is 60.9 Å². The second kappa shape index (κ2) is 40.5. The van der Waals surface area contributed by atoms with Gasteiger partial charge in [0.1, 0.15) is 31.0 Å². The molecule has 3 aromatic carbocycles. The first-order chi connectivity index (χ1) is 39.4. The predicted octanol–water partition coefficient (Wildman–Crippen LogP) is 17.5. The summed E-state index contributed by atoms with van der Waals surface area (Å²) in [5.74, 6) is -2.35. The third-order valence-corrected chi connectivity index (χ3v) is 15.7. The Labute approximate surface area is 516 Å². The molecule has 2 N–H and O–H groups in total. The van der Waals surface area contributed by atoms with E-state index in [1.165, 1.54) is 64.2 Å². The smallest absolute Gasteiger partial charge is 0.462 e. The van der Waals surface area contributed by atoms with Crippen molar-refractivity contribution in [3.05, 3.63) is 108 Å². The standard InChI is InChI=1S/C60H85Cl6N2O13P/c1-3-5-7-9-11-13-14-16-18-20-31-39-51(69)77-49(38-30-19-17-15-12-10-8-6-4-2)40-52(70)79-55-53(68-58(71)74-45-59(61,62)63)56(80-57(67)60(64,65)66)78-50(44-73-41-46-32-24-21-25-33-46)54(55)81-82(72,75-42-47-34-26-22-27-35-47)76-43-48-36-28-23-29-37-48/h21-29,32-37,49-50,53-56,67H,3-20,30-31,38-45H2,1-2H3,(H,68,71)/t49-,50-,53-,54-,55-,56-/m1/s1. The summed E-state index contributed by atoms with van der Waals surface area (Å²) in [5.41, 5.74) is 1.97. The van der Waals surface area contributed by atoms with E-state index in [0.717, 1.165) is 56.9 Å². The molecule has 82 heavy (non-hydrogen) atoms. The van der Waals surface area contributed by atoms with Crippen LogP contribution in [0, 0.1) is 5.41 Å². The van der Waals surface area contributed by atoms with E-state index in [0.29, 0.717) is 30.4 Å². The zero-order chi connectivity index (χ0) is 59.5. The van der Waals surface area contributed by atoms with Crippen molar-refractivity contribution in [1.82, 2.24) is 5.32 Å². The number of amides is 1. The van der Waals surface area contributed by atoms with E-state index in [1.54, 1.807) is 60.7 Å². The molecule has 0 saturated carbocycles. The molecule has 460 valence electrons. The molecule has 1 aliphatic rings. The topological polar surface area (TPSA) is 187 Å². The van der Waals surface area contributed by atoms with E-state index in [-0.39, 0.29) is 26.2 Å². The van der Waals surface area contributed by atoms with Gasteiger partial charge in [-0.3, -0.25) is 28.6 Å². The molecule has 0 aromatic heterocycles. The van der Waals surface area contributed by atoms with Crippen LogP contribution in [0.2, 0.25) is 0 Å². The minimum atomic E-state index is -4.84. The van der Waals surface area contributed by atoms with Crippen molar-refractivity contribution in [2.45, 2.75) is 226 Å². The quantitative estimate of drug-likeness (QED) is 0.0104. The molecule has 15 nitrogen and oxygen atoms in total. The van der Waals surface area contributed by atoms with Gasteiger partial charge in [0.2, 0.25) is 16.0 Å². The SMILES string of the molecule is CCCCCCCCCCCCCC(=O)O[C@H](CCCCCCCCCCC)CC(=O)O[C@@H]1[C@@H](NC(=O)OCC(Cl)(Cl)Cl)[C@@H](OC(=N)C(Cl)(Cl)Cl)O[C@H](COCc2ccccc2)[C@H]1OP(=O)(OCc1ccccc1)OCc1ccccc1. The van der Waals surface area contributed by atoms with Crippen molar-refractivity contribution >= 4 is 101 Å². The Morgan fingerprint density at radius 3 is 1.55 bits per heavy atom. The molecule has 1 fully saturated rings. The van der Waals surface area contributed by atoms with Gasteiger partial charge in [-0.05, 0) is 36.0 Å². The number of ether oxygens (including phenoxy) is 6. The van der Waals surface area contributed by atoms with E-state index in [2.05, 4.69) is 19.2 Å². The minimum Gasteiger partial charge on any atom is -0.462 e. The molecule has 1 heterocycles. The van der Waals surface area contributed by atoms with E-state index in [9.17, 15) is 14.4 Å². The number of phosphoric acid groups is 1. The summed E-state index contributed by atoms with van der Waals surface area (Å²) in [6, 6.07) is 25.0. The number of hydrogen-bond donors (Lipinski definition) is 2. The zero-order valence-electron chi connectivity index (χ0n) is 47.4. The van der Waals surface area contributed by atoms with Crippen molar-refractivity contribution in [2.24, 2.45) is 0 Å². The van der Waals surface area contributed by atoms with E-state index >= 15 is 4.57 Å². The highest BCUT2D eigenvalue weighted by atomic mass is 35.6. The molecule has 1 saturated heterocycles. The summed E-state index contributed by atoms with van der Waals surface area (Å²) in [5, 5.41) is 11.2. The molecule has 4 rings (SSSR count). The fourth-order valence-electron chi connectivity index (χ4n) is 9.09. The number of hydrogen-bond acceptors (Lipinski definition) is 14. The van der Waals surface area contributed by atoms with Crippen molar-refractivity contribution in [1.29, 1.82) is 5.41 Å². The minimum absolute atomic E-state index is 0.0240. The van der Waals surface area contributed by atoms with Crippen LogP contribution in [-0.4, -0.2) is 81.5 Å². The molecule has 0 unspecified atom stereocenters. The first-order valence-corrected chi connectivity index (χ1v) is 32.7. The van der Waals surface area contributed by atoms with Gasteiger partial charge >= 0.3 is 25.9 Å². The van der Waals surface area contributed by atoms with Gasteiger partial charge in [-0.2, -0.15) is 0 Å². The maximum atomic E-state index is 15.4. The van der Waals surface area contributed by atoms with Crippen LogP contribution in [0.25, 0.3) is 0 Å². The Balaban J connectivity index is 1.73. The van der Waals surface area contributed by atoms with Crippen LogP contribution in [0.3, 0.4) is 0 Å². The molecule has 0 spiro atoms. The van der Waals surface area contributed by atoms with Crippen LogP contribution >= 0.6 is 77.4 Å². The van der Waals surface area contributed by atoms with Gasteiger partial charge in [-0.15, -0.1) is 0 Å². The van der Waals surface area contributed by atoms with Gasteiger partial charge in [0, 0.05) is 6.42 Å². The Morgan fingerprint density at radius 2 is 1.07 bits per heavy atom. The van der Waals surface area contributed by atoms with Gasteiger partial charge < -0.3 is 33.7 Å². The Morgan fingerprint density at radius 1 is 0.610 bits per heavy atom. The maximum absolute atomic E-state index is 15.4. The number of esters is 2. The summed E-state index contributed by atoms with van der Waals surface area (Å²) in [7, 11) is -4.84. The van der Waals surface area contributed by atoms with Crippen molar-refractivity contribution in [3.63, 3.8) is 0 Å². The molecule has 0 aliphatic carbocycles. The van der Waals surface area contributed by atoms with Crippen molar-refractivity contribution in [2.75, 3.05) is 13.2 Å². The summed E-state index contributed by atoms with van der Waals surface area (Å²) < 4.78 is 65.7. The third-order valence-electron chi connectivity index (χ3n) is 13.5. The normalized spacial score (nSPS) is 17.9. The average Bonchev–Trinajstić information content (AvgIpc) is 3.65. The maximum Gasteiger partial charge on any atom is 0.475 e. The van der Waals surface area contributed by atoms with Crippen LogP contribution < -0.4 is 5.32 Å². The van der Waals surface area contributed by atoms with Crippen LogP contribution in [0.5, 0.6) is 0 Å². The fourth-order valence-corrected chi connectivity index (χ4v) is 10.7. The third kappa shape index (κ3) is 31.0. The molecule has 0 radical (unpaired) electrons. The average molecular weight is 1290 g/mol. The highest BCUT2D eigenvalue weighted by Crippen LogP contribution is 2.54. The first kappa shape index (κ1) is 71.6. The lowest BCUT2D eigenvalue weighted by Gasteiger charge is -2.45. The molecular weight excluding hydrogens is 1200 g/mol. The molecule has 6 atom stereocenters. The lowest BCUT2D eigenvalue weighted by molar-refractivity contribution is -0.255. The molecule has 1 aliphatic heterocycles. The number of alkyl carbamates (subject to hydrolysis) is 1. The summed E-state index contributed by atoms with van der Waals surface area (Å²) in [6.07, 6.45) is 12.6. The number of unbranched alkanes of at least 4 members (excludes halogenated alkanes) is 18. The Kier molecular flexibility index (Phi) is 35.3. The van der Waals surface area contributed by atoms with Gasteiger partial charge in [-0.1, -0.05) is 290 Å². The molecule has 3 aromatic rings. The number of benzene rings is 3. The molecule has 0 bridgehead atoms. The lowest BCUT2D eigenvalue weighted by atomic mass is 9.96. The fraction of sp³-hybridized carbons (Fsp3) is 0.633. The Bertz CT molecular complexity index is 2240. The van der Waals surface area contributed by atoms with Gasteiger partial charge in [0.05, 0.1) is 32.8 Å². The molecule has 22 heteroatoms. The monoisotopic (exact) mass is 1280 g/mol. The highest BCUT2D eigenvalue weighted by molar-refractivity contribution is 7.48. The molecular formula is C60H85Cl6N2O13P. The summed E-state index contributed by atoms with van der Waals surface area (Å²) in [6.45, 7) is 2.72. The van der Waals surface area contributed by atoms with Gasteiger partial charge in [-0.25, -0.2) is 9.36 Å². The number of halogens is 6. The van der Waals surface area contributed by atoms with Crippen LogP contribution in [0.15, 0.2) is 91.0 Å². The Hall–Kier alpha value is -2.89. The number of carbonyl (C=O) groups is 3. The summed E-state index contributed by atoms with van der Waals surface area (Å²) in [4.78, 5) is 42.2. The number of rotatable bonds is 41. The number of alkyl halides is 6. The number of nitrogens with one attached hydrogen (secondary N) is 2. The van der Waals surface area contributed by atoms with E-state index in [1.807, 2.05) is 30.3 Å². The van der Waals surface area contributed by atoms with Gasteiger partial charge in [0.15, 0.2) is 6.10 Å². The predicted molar refractivity (Wildman–Crippen MR) is 325 cm³/mol. The summed E-state index contributed by atoms with van der Waals surface area (Å²) >= 11 is 36.4. The van der Waals surface area contributed by atoms with Crippen LogP contribution in [0.4, 0.5) is 4.79 Å². The largest absolute Gasteiger partial charge is 0.475 e. The van der Waals surface area contributed by atoms with Gasteiger partial charge in [0.25, 0.3) is 3.79 Å². The van der Waals surface area contributed by atoms with E-state index in [4.69, 9.17) is 117 Å². The zero-order valence-corrected chi connectivity index (χ0v) is 52.9. The molecule has 1 amide bonds. The lowest BCUT2D eigenvalue weighted by Crippen LogP contribution is -2.67. The first-order valence-electron chi connectivity index (χ1n) is 29.0. The van der Waals surface area contributed by atoms with Crippen molar-refractivity contribution in [3.8, 4) is 0 Å². The van der Waals surface area contributed by atoms with E-state index < -0.39 is 95.7 Å². The van der Waals surface area contributed by atoms with Crippen LogP contribution in [0.1, 0.15) is 178 Å². The number of phosphoric ester groups is 1. The number of carbonyl (C=O) groups excluding carboxylic acids is 3. The highest BCUT2D eigenvalue weighted by Gasteiger charge is 2.55. The van der Waals surface area contributed by atoms with Crippen LogP contribution in [-0.2, 0) is 76.0 Å². The second-order valence-corrected chi connectivity index (χ2v) is 27.0. The second-order valence-electron chi connectivity index (χ2n) is 20.6.